The van der Waals surface area contributed by atoms with Gasteiger partial charge < -0.3 is 9.30 Å². The molecule has 0 saturated heterocycles. The molecule has 0 radical (unpaired) electrons. The van der Waals surface area contributed by atoms with Crippen molar-refractivity contribution in [1.82, 2.24) is 14.8 Å². The number of nitrogens with zero attached hydrogens (tertiary/aromatic N) is 3. The van der Waals surface area contributed by atoms with Gasteiger partial charge in [0.15, 0.2) is 0 Å². The SMILES string of the molecule is COCc1ccc(CC(=O)CCc2nnc(CCC(C)C)n2C2CC2)c(C)c1. The summed E-state index contributed by atoms with van der Waals surface area (Å²) < 4.78 is 7.50. The number of hydrogen-bond donors (Lipinski definition) is 0. The molecule has 0 spiro atoms. The minimum Gasteiger partial charge on any atom is -0.380 e. The van der Waals surface area contributed by atoms with Gasteiger partial charge in [-0.25, -0.2) is 0 Å². The Hall–Kier alpha value is -2.01. The molecule has 5 heteroatoms. The van der Waals surface area contributed by atoms with E-state index < -0.39 is 0 Å². The Morgan fingerprint density at radius 2 is 1.93 bits per heavy atom. The lowest BCUT2D eigenvalue weighted by Crippen LogP contribution is -2.11. The smallest absolute Gasteiger partial charge is 0.137 e. The van der Waals surface area contributed by atoms with Crippen molar-refractivity contribution in [2.24, 2.45) is 5.92 Å². The van der Waals surface area contributed by atoms with Crippen molar-refractivity contribution in [1.29, 1.82) is 0 Å². The van der Waals surface area contributed by atoms with E-state index in [0.717, 1.165) is 41.2 Å². The van der Waals surface area contributed by atoms with Crippen molar-refractivity contribution in [2.75, 3.05) is 7.11 Å². The molecule has 0 amide bonds. The Morgan fingerprint density at radius 3 is 2.54 bits per heavy atom. The van der Waals surface area contributed by atoms with Gasteiger partial charge in [-0.1, -0.05) is 32.0 Å². The molecule has 1 saturated carbocycles. The molecule has 1 aliphatic carbocycles. The molecule has 5 nitrogen and oxygen atoms in total. The van der Waals surface area contributed by atoms with E-state index in [1.165, 1.54) is 12.8 Å². The third-order valence-corrected chi connectivity index (χ3v) is 5.43. The van der Waals surface area contributed by atoms with Crippen molar-refractivity contribution in [3.8, 4) is 0 Å². The molecule has 1 fully saturated rings. The van der Waals surface area contributed by atoms with Gasteiger partial charge in [0.1, 0.15) is 17.4 Å². The number of ether oxygens (including phenoxy) is 1. The number of hydrogen-bond acceptors (Lipinski definition) is 4. The van der Waals surface area contributed by atoms with Gasteiger partial charge in [0.25, 0.3) is 0 Å². The van der Waals surface area contributed by atoms with E-state index in [-0.39, 0.29) is 5.78 Å². The minimum atomic E-state index is 0.261. The van der Waals surface area contributed by atoms with Gasteiger partial charge in [-0.15, -0.1) is 10.2 Å². The molecular formula is C23H33N3O2. The molecule has 2 aromatic rings. The predicted octanol–water partition coefficient (Wildman–Crippen LogP) is 4.40. The summed E-state index contributed by atoms with van der Waals surface area (Å²) in [7, 11) is 1.70. The lowest BCUT2D eigenvalue weighted by molar-refractivity contribution is -0.118. The molecule has 3 rings (SSSR count). The van der Waals surface area contributed by atoms with Crippen molar-refractivity contribution >= 4 is 5.78 Å². The van der Waals surface area contributed by atoms with Crippen LogP contribution in [0.2, 0.25) is 0 Å². The van der Waals surface area contributed by atoms with E-state index in [0.29, 0.717) is 37.8 Å². The maximum Gasteiger partial charge on any atom is 0.137 e. The van der Waals surface area contributed by atoms with Gasteiger partial charge in [-0.2, -0.15) is 0 Å². The molecule has 0 aliphatic heterocycles. The molecule has 0 bridgehead atoms. The second kappa shape index (κ2) is 9.46. The first-order valence-electron chi connectivity index (χ1n) is 10.5. The van der Waals surface area contributed by atoms with E-state index in [1.807, 2.05) is 6.07 Å². The first-order chi connectivity index (χ1) is 13.5. The topological polar surface area (TPSA) is 57.0 Å². The van der Waals surface area contributed by atoms with Gasteiger partial charge in [0, 0.05) is 38.8 Å². The summed E-state index contributed by atoms with van der Waals surface area (Å²) in [6.07, 6.45) is 6.21. The van der Waals surface area contributed by atoms with Crippen LogP contribution in [0.15, 0.2) is 18.2 Å². The summed E-state index contributed by atoms with van der Waals surface area (Å²) in [4.78, 5) is 12.6. The van der Waals surface area contributed by atoms with Crippen LogP contribution in [-0.2, 0) is 35.4 Å². The van der Waals surface area contributed by atoms with Gasteiger partial charge in [-0.05, 0) is 48.8 Å². The Kier molecular flexibility index (Phi) is 7.00. The van der Waals surface area contributed by atoms with Crippen LogP contribution >= 0.6 is 0 Å². The van der Waals surface area contributed by atoms with Crippen LogP contribution in [-0.4, -0.2) is 27.7 Å². The summed E-state index contributed by atoms with van der Waals surface area (Å²) >= 11 is 0. The maximum atomic E-state index is 12.6. The molecule has 0 N–H and O–H groups in total. The second-order valence-corrected chi connectivity index (χ2v) is 8.48. The van der Waals surface area contributed by atoms with Crippen LogP contribution in [0.3, 0.4) is 0 Å². The summed E-state index contributed by atoms with van der Waals surface area (Å²) in [5, 5.41) is 8.87. The highest BCUT2D eigenvalue weighted by molar-refractivity contribution is 5.81. The first kappa shape index (κ1) is 20.7. The number of aryl methyl sites for hydroxylation is 3. The summed E-state index contributed by atoms with van der Waals surface area (Å²) in [6, 6.07) is 6.76. The van der Waals surface area contributed by atoms with Gasteiger partial charge in [-0.3, -0.25) is 4.79 Å². The number of benzene rings is 1. The number of methoxy groups -OCH3 is 1. The van der Waals surface area contributed by atoms with Crippen LogP contribution in [0.1, 0.15) is 73.9 Å². The predicted molar refractivity (Wildman–Crippen MR) is 110 cm³/mol. The number of carbonyl (C=O) groups is 1. The van der Waals surface area contributed by atoms with Crippen LogP contribution < -0.4 is 0 Å². The monoisotopic (exact) mass is 383 g/mol. The molecule has 28 heavy (non-hydrogen) atoms. The zero-order valence-corrected chi connectivity index (χ0v) is 17.7. The number of Topliss-reactive ketones (excluding diaryl/α,β-unsaturated/α-hetero) is 1. The highest BCUT2D eigenvalue weighted by Gasteiger charge is 2.29. The highest BCUT2D eigenvalue weighted by Crippen LogP contribution is 2.37. The molecule has 0 atom stereocenters. The normalized spacial score (nSPS) is 14.0. The average Bonchev–Trinajstić information content (AvgIpc) is 3.41. The summed E-state index contributed by atoms with van der Waals surface area (Å²) in [6.45, 7) is 7.14. The molecule has 152 valence electrons. The van der Waals surface area contributed by atoms with Crippen molar-refractivity contribution in [3.05, 3.63) is 46.5 Å². The zero-order chi connectivity index (χ0) is 20.1. The van der Waals surface area contributed by atoms with E-state index in [1.54, 1.807) is 7.11 Å². The average molecular weight is 384 g/mol. The number of rotatable bonds is 11. The van der Waals surface area contributed by atoms with E-state index in [2.05, 4.69) is 47.7 Å². The van der Waals surface area contributed by atoms with E-state index in [9.17, 15) is 4.79 Å². The lowest BCUT2D eigenvalue weighted by atomic mass is 9.99. The van der Waals surface area contributed by atoms with Gasteiger partial charge in [0.05, 0.1) is 6.61 Å². The van der Waals surface area contributed by atoms with Gasteiger partial charge >= 0.3 is 0 Å². The third kappa shape index (κ3) is 5.51. The van der Waals surface area contributed by atoms with E-state index in [4.69, 9.17) is 4.74 Å². The number of carbonyl (C=O) groups excluding carboxylic acids is 1. The molecule has 0 unspecified atom stereocenters. The Morgan fingerprint density at radius 1 is 1.21 bits per heavy atom. The van der Waals surface area contributed by atoms with Crippen molar-refractivity contribution in [3.63, 3.8) is 0 Å². The van der Waals surface area contributed by atoms with Crippen molar-refractivity contribution < 1.29 is 9.53 Å². The van der Waals surface area contributed by atoms with E-state index >= 15 is 0 Å². The highest BCUT2D eigenvalue weighted by atomic mass is 16.5. The Bertz CT molecular complexity index is 806. The minimum absolute atomic E-state index is 0.261. The lowest BCUT2D eigenvalue weighted by Gasteiger charge is -2.10. The number of aromatic nitrogens is 3. The number of ketones is 1. The quantitative estimate of drug-likeness (QED) is 0.577. The maximum absolute atomic E-state index is 12.6. The Labute approximate surface area is 168 Å². The molecule has 1 aromatic carbocycles. The van der Waals surface area contributed by atoms with Crippen LogP contribution in [0.4, 0.5) is 0 Å². The zero-order valence-electron chi connectivity index (χ0n) is 17.7. The standard InChI is InChI=1S/C23H33N3O2/c1-16(2)5-11-22-24-25-23(26(22)20-8-9-20)12-10-21(27)14-19-7-6-18(15-28-4)13-17(19)3/h6-7,13,16,20H,5,8-12,14-15H2,1-4H3. The summed E-state index contributed by atoms with van der Waals surface area (Å²) in [5.74, 6) is 3.01. The van der Waals surface area contributed by atoms with Crippen molar-refractivity contribution in [2.45, 2.75) is 78.4 Å². The van der Waals surface area contributed by atoms with Gasteiger partial charge in [0.2, 0.25) is 0 Å². The van der Waals surface area contributed by atoms with Crippen LogP contribution in [0, 0.1) is 12.8 Å². The second-order valence-electron chi connectivity index (χ2n) is 8.48. The Balaban J connectivity index is 1.59. The van der Waals surface area contributed by atoms with Crippen LogP contribution in [0.25, 0.3) is 0 Å². The van der Waals surface area contributed by atoms with Crippen LogP contribution in [0.5, 0.6) is 0 Å². The molecular weight excluding hydrogens is 350 g/mol. The third-order valence-electron chi connectivity index (χ3n) is 5.43. The fraction of sp³-hybridized carbons (Fsp3) is 0.609. The largest absolute Gasteiger partial charge is 0.380 e. The molecule has 1 aromatic heterocycles. The first-order valence-corrected chi connectivity index (χ1v) is 10.5. The molecule has 1 aliphatic rings. The molecule has 1 heterocycles. The fourth-order valence-corrected chi connectivity index (χ4v) is 3.64. The fourth-order valence-electron chi connectivity index (χ4n) is 3.64. The summed E-state index contributed by atoms with van der Waals surface area (Å²) in [5.41, 5.74) is 3.40.